The van der Waals surface area contributed by atoms with Gasteiger partial charge in [-0.25, -0.2) is 4.39 Å². The number of carbonyl (C=O) groups excluding carboxylic acids is 2. The fraction of sp³-hybridized carbons (Fsp3) is 0.524. The van der Waals surface area contributed by atoms with Gasteiger partial charge in [-0.15, -0.1) is 0 Å². The first-order chi connectivity index (χ1) is 13.1. The van der Waals surface area contributed by atoms with Crippen molar-refractivity contribution in [3.63, 3.8) is 0 Å². The van der Waals surface area contributed by atoms with Crippen molar-refractivity contribution in [3.05, 3.63) is 41.7 Å². The second-order valence-corrected chi connectivity index (χ2v) is 7.20. The molecular weight excluding hydrogens is 347 g/mol. The van der Waals surface area contributed by atoms with Gasteiger partial charge < -0.3 is 15.0 Å². The van der Waals surface area contributed by atoms with Crippen LogP contribution < -0.4 is 5.32 Å². The Morgan fingerprint density at radius 1 is 1.26 bits per heavy atom. The van der Waals surface area contributed by atoms with Crippen molar-refractivity contribution in [3.8, 4) is 0 Å². The monoisotopic (exact) mass is 374 g/mol. The number of nitrogens with zero attached hydrogens (tertiary/aromatic N) is 1. The topological polar surface area (TPSA) is 58.6 Å². The van der Waals surface area contributed by atoms with E-state index in [1.807, 2.05) is 12.2 Å². The van der Waals surface area contributed by atoms with Gasteiger partial charge in [-0.2, -0.15) is 0 Å². The number of anilines is 1. The third-order valence-corrected chi connectivity index (χ3v) is 5.18. The first-order valence-corrected chi connectivity index (χ1v) is 9.75. The lowest BCUT2D eigenvalue weighted by Gasteiger charge is -2.25. The molecule has 0 radical (unpaired) electrons. The third kappa shape index (κ3) is 4.95. The van der Waals surface area contributed by atoms with E-state index in [1.165, 1.54) is 12.1 Å². The molecule has 2 aliphatic rings. The van der Waals surface area contributed by atoms with Crippen molar-refractivity contribution < 1.29 is 18.7 Å². The van der Waals surface area contributed by atoms with Crippen LogP contribution in [-0.4, -0.2) is 42.5 Å². The molecule has 2 aliphatic heterocycles. The molecule has 5 nitrogen and oxygen atoms in total. The number of hydrogen-bond acceptors (Lipinski definition) is 3. The Hall–Kier alpha value is -2.21. The van der Waals surface area contributed by atoms with Gasteiger partial charge >= 0.3 is 0 Å². The maximum absolute atomic E-state index is 14.1. The molecule has 2 amide bonds. The highest BCUT2D eigenvalue weighted by Crippen LogP contribution is 2.23. The first kappa shape index (κ1) is 19.5. The Bertz CT molecular complexity index is 713. The average Bonchev–Trinajstić information content (AvgIpc) is 3.14. The maximum Gasteiger partial charge on any atom is 0.254 e. The minimum absolute atomic E-state index is 0.0565. The molecule has 0 aromatic heterocycles. The predicted molar refractivity (Wildman–Crippen MR) is 102 cm³/mol. The summed E-state index contributed by atoms with van der Waals surface area (Å²) < 4.78 is 19.4. The summed E-state index contributed by atoms with van der Waals surface area (Å²) in [6, 6.07) is 4.12. The lowest BCUT2D eigenvalue weighted by Crippen LogP contribution is -2.36. The number of rotatable bonds is 6. The van der Waals surface area contributed by atoms with Gasteiger partial charge in [0.25, 0.3) is 5.91 Å². The van der Waals surface area contributed by atoms with E-state index in [2.05, 4.69) is 12.2 Å². The summed E-state index contributed by atoms with van der Waals surface area (Å²) in [4.78, 5) is 27.1. The Kier molecular flexibility index (Phi) is 6.61. The number of benzene rings is 1. The van der Waals surface area contributed by atoms with E-state index in [4.69, 9.17) is 4.74 Å². The highest BCUT2D eigenvalue weighted by molar-refractivity contribution is 5.98. The largest absolute Gasteiger partial charge is 0.381 e. The number of ether oxygens (including phenoxy) is 1. The Balaban J connectivity index is 1.70. The van der Waals surface area contributed by atoms with Gasteiger partial charge in [-0.1, -0.05) is 31.9 Å². The molecule has 0 aliphatic carbocycles. The molecule has 1 unspecified atom stereocenters. The number of unbranched alkanes of at least 4 members (excludes halogenated alkanes) is 1. The summed E-state index contributed by atoms with van der Waals surface area (Å²) in [6.45, 7) is 3.77. The van der Waals surface area contributed by atoms with E-state index in [-0.39, 0.29) is 29.3 Å². The number of hydrogen-bond donors (Lipinski definition) is 1. The highest BCUT2D eigenvalue weighted by Gasteiger charge is 2.26. The van der Waals surface area contributed by atoms with E-state index in [0.29, 0.717) is 38.3 Å². The molecule has 1 atom stereocenters. The van der Waals surface area contributed by atoms with Crippen LogP contribution in [0.1, 0.15) is 49.4 Å². The molecule has 27 heavy (non-hydrogen) atoms. The van der Waals surface area contributed by atoms with E-state index in [1.54, 1.807) is 11.0 Å². The minimum Gasteiger partial charge on any atom is -0.381 e. The van der Waals surface area contributed by atoms with Crippen LogP contribution in [0.15, 0.2) is 30.4 Å². The SMILES string of the molecule is CCCCC1C=CCN1C(=O)c1cc(F)cc(NC(=O)C2CCOCC2)c1. The number of amides is 2. The van der Waals surface area contributed by atoms with E-state index < -0.39 is 5.82 Å². The standard InChI is InChI=1S/C21H27FN2O3/c1-2-3-5-19-6-4-9-24(19)21(26)16-12-17(22)14-18(13-16)23-20(25)15-7-10-27-11-8-15/h4,6,12-15,19H,2-3,5,7-11H2,1H3,(H,23,25). The molecule has 146 valence electrons. The van der Waals surface area contributed by atoms with E-state index in [9.17, 15) is 14.0 Å². The van der Waals surface area contributed by atoms with Crippen LogP contribution in [0.5, 0.6) is 0 Å². The van der Waals surface area contributed by atoms with E-state index >= 15 is 0 Å². The molecular formula is C21H27FN2O3. The predicted octanol–water partition coefficient (Wildman–Crippen LogP) is 3.76. The number of halogens is 1. The zero-order valence-electron chi connectivity index (χ0n) is 15.7. The summed E-state index contributed by atoms with van der Waals surface area (Å²) in [6.07, 6.45) is 8.34. The summed E-state index contributed by atoms with van der Waals surface area (Å²) in [5.41, 5.74) is 0.592. The summed E-state index contributed by atoms with van der Waals surface area (Å²) >= 11 is 0. The highest BCUT2D eigenvalue weighted by atomic mass is 19.1. The number of nitrogens with one attached hydrogen (secondary N) is 1. The maximum atomic E-state index is 14.1. The second-order valence-electron chi connectivity index (χ2n) is 7.20. The summed E-state index contributed by atoms with van der Waals surface area (Å²) in [5, 5.41) is 2.76. The van der Waals surface area contributed by atoms with Crippen LogP contribution >= 0.6 is 0 Å². The molecule has 3 rings (SSSR count). The molecule has 1 saturated heterocycles. The summed E-state index contributed by atoms with van der Waals surface area (Å²) in [7, 11) is 0. The smallest absolute Gasteiger partial charge is 0.254 e. The average molecular weight is 374 g/mol. The van der Waals surface area contributed by atoms with Crippen molar-refractivity contribution in [2.24, 2.45) is 5.92 Å². The fourth-order valence-corrected chi connectivity index (χ4v) is 3.62. The van der Waals surface area contributed by atoms with Gasteiger partial charge in [0, 0.05) is 36.9 Å². The third-order valence-electron chi connectivity index (χ3n) is 5.18. The van der Waals surface area contributed by atoms with Crippen LogP contribution in [0.3, 0.4) is 0 Å². The van der Waals surface area contributed by atoms with Gasteiger partial charge in [0.15, 0.2) is 0 Å². The van der Waals surface area contributed by atoms with Crippen molar-refractivity contribution in [1.29, 1.82) is 0 Å². The molecule has 0 saturated carbocycles. The molecule has 0 spiro atoms. The zero-order chi connectivity index (χ0) is 19.2. The molecule has 2 heterocycles. The van der Waals surface area contributed by atoms with Crippen LogP contribution in [0.25, 0.3) is 0 Å². The molecule has 6 heteroatoms. The Morgan fingerprint density at radius 3 is 2.78 bits per heavy atom. The van der Waals surface area contributed by atoms with Gasteiger partial charge in [0.2, 0.25) is 5.91 Å². The fourth-order valence-electron chi connectivity index (χ4n) is 3.62. The quantitative estimate of drug-likeness (QED) is 0.772. The number of carbonyl (C=O) groups is 2. The van der Waals surface area contributed by atoms with Gasteiger partial charge in [-0.05, 0) is 37.5 Å². The Labute approximate surface area is 159 Å². The normalized spacial score (nSPS) is 20.1. The minimum atomic E-state index is -0.527. The van der Waals surface area contributed by atoms with Crippen LogP contribution in [0, 0.1) is 11.7 Å². The lowest BCUT2D eigenvalue weighted by molar-refractivity contribution is -0.122. The summed E-state index contributed by atoms with van der Waals surface area (Å²) in [5.74, 6) is -1.02. The van der Waals surface area contributed by atoms with Gasteiger partial charge in [0.1, 0.15) is 5.82 Å². The molecule has 1 fully saturated rings. The van der Waals surface area contributed by atoms with Crippen molar-refractivity contribution in [1.82, 2.24) is 4.90 Å². The van der Waals surface area contributed by atoms with Crippen molar-refractivity contribution in [2.75, 3.05) is 25.1 Å². The van der Waals surface area contributed by atoms with Crippen LogP contribution in [0.2, 0.25) is 0 Å². The molecule has 1 aromatic rings. The molecule has 1 N–H and O–H groups in total. The Morgan fingerprint density at radius 2 is 2.04 bits per heavy atom. The van der Waals surface area contributed by atoms with Gasteiger partial charge in [0.05, 0.1) is 6.04 Å². The van der Waals surface area contributed by atoms with Gasteiger partial charge in [-0.3, -0.25) is 9.59 Å². The van der Waals surface area contributed by atoms with E-state index in [0.717, 1.165) is 19.3 Å². The molecule has 1 aromatic carbocycles. The lowest BCUT2D eigenvalue weighted by atomic mass is 9.99. The van der Waals surface area contributed by atoms with Crippen LogP contribution in [-0.2, 0) is 9.53 Å². The molecule has 0 bridgehead atoms. The van der Waals surface area contributed by atoms with Crippen LogP contribution in [0.4, 0.5) is 10.1 Å². The zero-order valence-corrected chi connectivity index (χ0v) is 15.7. The first-order valence-electron chi connectivity index (χ1n) is 9.75. The van der Waals surface area contributed by atoms with Crippen molar-refractivity contribution in [2.45, 2.75) is 45.1 Å². The second kappa shape index (κ2) is 9.13. The van der Waals surface area contributed by atoms with Crippen molar-refractivity contribution >= 4 is 17.5 Å².